The number of aromatic hydroxyl groups is 2. The first-order valence-electron chi connectivity index (χ1n) is 8.89. The Balaban J connectivity index is 2.43. The Bertz CT molecular complexity index is 667. The summed E-state index contributed by atoms with van der Waals surface area (Å²) < 4.78 is 0. The Hall–Kier alpha value is -2.01. The fourth-order valence-corrected chi connectivity index (χ4v) is 2.92. The molecule has 0 aliphatic heterocycles. The largest absolute Gasteiger partial charge is 0.506 e. The van der Waals surface area contributed by atoms with Gasteiger partial charge in [0.25, 0.3) is 0 Å². The topological polar surface area (TPSA) is 94.8 Å². The number of unbranched alkanes of at least 4 members (excludes halogenated alkanes) is 5. The summed E-state index contributed by atoms with van der Waals surface area (Å²) in [4.78, 5) is 21.8. The molecule has 0 amide bonds. The summed E-state index contributed by atoms with van der Waals surface area (Å²) in [6.07, 6.45) is 10.4. The average Bonchev–Trinajstić information content (AvgIpc) is 2.61. The standard InChI is InChI=1S/C20H27ClO5/c1-13(20(25)26)10-8-6-4-3-5-7-9-11-15-18(23)16(12-22)14(2)17(21)19(15)24/h9,11-13,23-24H,3-8,10H2,1-2H3,(H,25,26)/b11-9+. The van der Waals surface area contributed by atoms with Crippen LogP contribution in [0.2, 0.25) is 5.02 Å². The summed E-state index contributed by atoms with van der Waals surface area (Å²) >= 11 is 6.00. The number of carboxylic acids is 1. The van der Waals surface area contributed by atoms with Crippen LogP contribution in [0.4, 0.5) is 0 Å². The number of allylic oxidation sites excluding steroid dienone is 1. The van der Waals surface area contributed by atoms with Crippen molar-refractivity contribution in [3.63, 3.8) is 0 Å². The molecule has 0 aliphatic rings. The zero-order valence-corrected chi connectivity index (χ0v) is 16.1. The number of halogens is 1. The highest BCUT2D eigenvalue weighted by molar-refractivity contribution is 6.33. The average molecular weight is 383 g/mol. The van der Waals surface area contributed by atoms with E-state index in [0.29, 0.717) is 18.3 Å². The maximum absolute atomic E-state index is 11.1. The van der Waals surface area contributed by atoms with Crippen LogP contribution in [0.25, 0.3) is 6.08 Å². The third-order valence-electron chi connectivity index (χ3n) is 4.54. The van der Waals surface area contributed by atoms with Crippen molar-refractivity contribution in [3.05, 3.63) is 27.8 Å². The fourth-order valence-electron chi connectivity index (χ4n) is 2.72. The molecule has 0 aliphatic carbocycles. The van der Waals surface area contributed by atoms with Crippen molar-refractivity contribution in [2.75, 3.05) is 0 Å². The van der Waals surface area contributed by atoms with Crippen LogP contribution in [0, 0.1) is 12.8 Å². The van der Waals surface area contributed by atoms with Crippen LogP contribution in [-0.4, -0.2) is 27.6 Å². The maximum atomic E-state index is 11.1. The van der Waals surface area contributed by atoms with E-state index in [-0.39, 0.29) is 33.6 Å². The van der Waals surface area contributed by atoms with Crippen molar-refractivity contribution in [2.45, 2.75) is 58.8 Å². The van der Waals surface area contributed by atoms with Crippen molar-refractivity contribution in [3.8, 4) is 11.5 Å². The van der Waals surface area contributed by atoms with E-state index in [0.717, 1.165) is 38.5 Å². The van der Waals surface area contributed by atoms with E-state index >= 15 is 0 Å². The number of phenolic OH excluding ortho intramolecular Hbond substituents is 2. The van der Waals surface area contributed by atoms with Gasteiger partial charge in [-0.15, -0.1) is 0 Å². The van der Waals surface area contributed by atoms with Gasteiger partial charge in [-0.2, -0.15) is 0 Å². The van der Waals surface area contributed by atoms with E-state index in [1.165, 1.54) is 0 Å². The van der Waals surface area contributed by atoms with Crippen molar-refractivity contribution >= 4 is 29.9 Å². The first-order valence-corrected chi connectivity index (χ1v) is 9.27. The summed E-state index contributed by atoms with van der Waals surface area (Å²) in [5.41, 5.74) is 0.597. The first kappa shape index (κ1) is 22.0. The van der Waals surface area contributed by atoms with Gasteiger partial charge in [-0.25, -0.2) is 0 Å². The highest BCUT2D eigenvalue weighted by Crippen LogP contribution is 2.40. The lowest BCUT2D eigenvalue weighted by molar-refractivity contribution is -0.141. The third kappa shape index (κ3) is 6.06. The molecule has 5 nitrogen and oxygen atoms in total. The fraction of sp³-hybridized carbons (Fsp3) is 0.500. The van der Waals surface area contributed by atoms with Crippen molar-refractivity contribution in [1.82, 2.24) is 0 Å². The third-order valence-corrected chi connectivity index (χ3v) is 5.00. The lowest BCUT2D eigenvalue weighted by Gasteiger charge is -2.11. The van der Waals surface area contributed by atoms with E-state index in [1.807, 2.05) is 6.08 Å². The molecule has 0 aromatic heterocycles. The number of aldehydes is 1. The molecule has 26 heavy (non-hydrogen) atoms. The zero-order valence-electron chi connectivity index (χ0n) is 15.3. The number of aliphatic carboxylic acids is 1. The molecule has 0 saturated heterocycles. The number of carboxylic acid groups (broad SMARTS) is 1. The highest BCUT2D eigenvalue weighted by atomic mass is 35.5. The summed E-state index contributed by atoms with van der Waals surface area (Å²) in [5.74, 6) is -1.51. The van der Waals surface area contributed by atoms with Gasteiger partial charge in [0.2, 0.25) is 0 Å². The van der Waals surface area contributed by atoms with Gasteiger partial charge in [0.05, 0.1) is 22.1 Å². The Morgan fingerprint density at radius 2 is 1.69 bits per heavy atom. The van der Waals surface area contributed by atoms with E-state index < -0.39 is 5.97 Å². The first-order chi connectivity index (χ1) is 12.3. The molecule has 1 rings (SSSR count). The minimum Gasteiger partial charge on any atom is -0.506 e. The summed E-state index contributed by atoms with van der Waals surface area (Å²) in [5, 5.41) is 29.1. The van der Waals surface area contributed by atoms with Crippen molar-refractivity contribution in [1.29, 1.82) is 0 Å². The number of rotatable bonds is 11. The second-order valence-corrected chi connectivity index (χ2v) is 6.95. The Kier molecular flexibility index (Phi) is 9.21. The molecule has 1 aromatic carbocycles. The minimum atomic E-state index is -0.740. The normalized spacial score (nSPS) is 12.4. The molecule has 0 radical (unpaired) electrons. The molecule has 0 fully saturated rings. The molecule has 1 atom stereocenters. The Morgan fingerprint density at radius 1 is 1.08 bits per heavy atom. The predicted octanol–water partition coefficient (Wildman–Crippen LogP) is 5.34. The lowest BCUT2D eigenvalue weighted by Crippen LogP contribution is -2.08. The monoisotopic (exact) mass is 382 g/mol. The molecule has 144 valence electrons. The van der Waals surface area contributed by atoms with Crippen LogP contribution in [0.1, 0.15) is 73.4 Å². The van der Waals surface area contributed by atoms with E-state index in [2.05, 4.69) is 0 Å². The Morgan fingerprint density at radius 3 is 2.31 bits per heavy atom. The van der Waals surface area contributed by atoms with E-state index in [4.69, 9.17) is 16.7 Å². The number of phenols is 2. The van der Waals surface area contributed by atoms with Gasteiger partial charge in [0, 0.05) is 0 Å². The molecule has 0 heterocycles. The molecule has 1 unspecified atom stereocenters. The van der Waals surface area contributed by atoms with Crippen molar-refractivity contribution in [2.24, 2.45) is 5.92 Å². The Labute approximate surface area is 159 Å². The number of carbonyl (C=O) groups excluding carboxylic acids is 1. The number of carbonyl (C=O) groups is 2. The van der Waals surface area contributed by atoms with Gasteiger partial charge in [-0.1, -0.05) is 56.4 Å². The summed E-state index contributed by atoms with van der Waals surface area (Å²) in [6, 6.07) is 0. The van der Waals surface area contributed by atoms with Crippen LogP contribution in [0.5, 0.6) is 11.5 Å². The predicted molar refractivity (Wildman–Crippen MR) is 103 cm³/mol. The smallest absolute Gasteiger partial charge is 0.306 e. The zero-order chi connectivity index (χ0) is 19.7. The molecule has 6 heteroatoms. The van der Waals surface area contributed by atoms with Gasteiger partial charge >= 0.3 is 5.97 Å². The molecule has 0 bridgehead atoms. The molecule has 1 aromatic rings. The number of benzene rings is 1. The summed E-state index contributed by atoms with van der Waals surface area (Å²) in [7, 11) is 0. The lowest BCUT2D eigenvalue weighted by atomic mass is 10.0. The molecular weight excluding hydrogens is 356 g/mol. The minimum absolute atomic E-state index is 0.0696. The molecule has 0 spiro atoms. The number of hydrogen-bond donors (Lipinski definition) is 3. The molecule has 3 N–H and O–H groups in total. The van der Waals surface area contributed by atoms with Crippen LogP contribution in [-0.2, 0) is 4.79 Å². The van der Waals surface area contributed by atoms with Gasteiger partial charge in [-0.05, 0) is 31.7 Å². The van der Waals surface area contributed by atoms with Crippen LogP contribution < -0.4 is 0 Å². The highest BCUT2D eigenvalue weighted by Gasteiger charge is 2.18. The molecule has 0 saturated carbocycles. The van der Waals surface area contributed by atoms with Crippen LogP contribution in [0.3, 0.4) is 0 Å². The van der Waals surface area contributed by atoms with E-state index in [1.54, 1.807) is 19.9 Å². The van der Waals surface area contributed by atoms with Gasteiger partial charge in [0.1, 0.15) is 11.5 Å². The van der Waals surface area contributed by atoms with Gasteiger partial charge in [-0.3, -0.25) is 9.59 Å². The van der Waals surface area contributed by atoms with E-state index in [9.17, 15) is 19.8 Å². The van der Waals surface area contributed by atoms with Gasteiger partial charge < -0.3 is 15.3 Å². The maximum Gasteiger partial charge on any atom is 0.306 e. The summed E-state index contributed by atoms with van der Waals surface area (Å²) in [6.45, 7) is 3.29. The SMILES string of the molecule is Cc1c(Cl)c(O)c(/C=C/CCCCCCCC(C)C(=O)O)c(O)c1C=O. The van der Waals surface area contributed by atoms with Crippen LogP contribution in [0.15, 0.2) is 6.08 Å². The second-order valence-electron chi connectivity index (χ2n) is 6.57. The second kappa shape index (κ2) is 10.9. The number of hydrogen-bond acceptors (Lipinski definition) is 4. The quantitative estimate of drug-likeness (QED) is 0.355. The van der Waals surface area contributed by atoms with Crippen molar-refractivity contribution < 1.29 is 24.9 Å². The van der Waals surface area contributed by atoms with Gasteiger partial charge in [0.15, 0.2) is 6.29 Å². The molecular formula is C20H27ClO5. The van der Waals surface area contributed by atoms with Crippen LogP contribution >= 0.6 is 11.6 Å².